The first-order valence-electron chi connectivity index (χ1n) is 4.47. The largest absolute Gasteiger partial charge is 0.339 e. The number of rotatable bonds is 0. The molecule has 0 amide bonds. The van der Waals surface area contributed by atoms with E-state index >= 15 is 0 Å². The summed E-state index contributed by atoms with van der Waals surface area (Å²) in [4.78, 5) is 11.6. The number of aryl methyl sites for hydroxylation is 2. The van der Waals surface area contributed by atoms with Gasteiger partial charge < -0.3 is 5.84 Å². The van der Waals surface area contributed by atoms with Gasteiger partial charge in [0.05, 0.1) is 5.52 Å². The minimum absolute atomic E-state index is 0.0305. The lowest BCUT2D eigenvalue weighted by atomic mass is 10.1. The lowest BCUT2D eigenvalue weighted by Gasteiger charge is -2.08. The molecule has 2 N–H and O–H groups in total. The van der Waals surface area contributed by atoms with Crippen LogP contribution in [0.2, 0.25) is 0 Å². The summed E-state index contributed by atoms with van der Waals surface area (Å²) in [6.45, 7) is 3.78. The van der Waals surface area contributed by atoms with Gasteiger partial charge >= 0.3 is 0 Å². The Morgan fingerprint density at radius 1 is 1.21 bits per heavy atom. The fourth-order valence-electron chi connectivity index (χ4n) is 1.58. The first-order valence-corrected chi connectivity index (χ1v) is 4.47. The molecular formula is C11H12N2O. The Morgan fingerprint density at radius 3 is 2.64 bits per heavy atom. The topological polar surface area (TPSA) is 48.0 Å². The molecule has 0 aliphatic rings. The summed E-state index contributed by atoms with van der Waals surface area (Å²) in [6, 6.07) is 7.24. The predicted octanol–water partition coefficient (Wildman–Crippen LogP) is 1.33. The van der Waals surface area contributed by atoms with E-state index in [4.69, 9.17) is 5.84 Å². The van der Waals surface area contributed by atoms with Crippen LogP contribution in [0.4, 0.5) is 0 Å². The second kappa shape index (κ2) is 2.87. The van der Waals surface area contributed by atoms with Crippen molar-refractivity contribution in [2.75, 3.05) is 5.84 Å². The number of pyridine rings is 1. The summed E-state index contributed by atoms with van der Waals surface area (Å²) < 4.78 is 1.54. The quantitative estimate of drug-likeness (QED) is 0.634. The van der Waals surface area contributed by atoms with Crippen LogP contribution in [0.3, 0.4) is 0 Å². The molecule has 0 aliphatic carbocycles. The van der Waals surface area contributed by atoms with E-state index in [-0.39, 0.29) is 5.43 Å². The first kappa shape index (κ1) is 8.81. The molecule has 0 fully saturated rings. The van der Waals surface area contributed by atoms with E-state index in [2.05, 4.69) is 0 Å². The standard InChI is InChI=1S/C11H12N2O/c1-7-3-4-10-9(5-7)11(14)6-8(2)13(10)12/h3-6H,12H2,1-2H3. The molecule has 0 spiro atoms. The SMILES string of the molecule is Cc1ccc2c(c1)c(=O)cc(C)n2N. The van der Waals surface area contributed by atoms with E-state index in [1.807, 2.05) is 32.0 Å². The van der Waals surface area contributed by atoms with Crippen LogP contribution >= 0.6 is 0 Å². The number of nitrogens with zero attached hydrogens (tertiary/aromatic N) is 1. The van der Waals surface area contributed by atoms with Crippen LogP contribution < -0.4 is 11.3 Å². The second-order valence-corrected chi connectivity index (χ2v) is 3.54. The molecule has 0 saturated heterocycles. The molecule has 3 nitrogen and oxygen atoms in total. The molecule has 3 heteroatoms. The van der Waals surface area contributed by atoms with Gasteiger partial charge in [-0.2, -0.15) is 0 Å². The normalized spacial score (nSPS) is 10.7. The van der Waals surface area contributed by atoms with E-state index in [0.717, 1.165) is 16.8 Å². The van der Waals surface area contributed by atoms with Crippen molar-refractivity contribution in [2.45, 2.75) is 13.8 Å². The molecule has 0 bridgehead atoms. The summed E-state index contributed by atoms with van der Waals surface area (Å²) in [5, 5.41) is 0.679. The maximum Gasteiger partial charge on any atom is 0.189 e. The Hall–Kier alpha value is -1.77. The van der Waals surface area contributed by atoms with Crippen LogP contribution in [0.5, 0.6) is 0 Å². The van der Waals surface area contributed by atoms with Crippen LogP contribution in [0, 0.1) is 13.8 Å². The van der Waals surface area contributed by atoms with Gasteiger partial charge in [0.1, 0.15) is 0 Å². The van der Waals surface area contributed by atoms with Crippen molar-refractivity contribution in [1.29, 1.82) is 0 Å². The highest BCUT2D eigenvalue weighted by molar-refractivity contribution is 5.80. The molecule has 2 aromatic rings. The van der Waals surface area contributed by atoms with Crippen LogP contribution in [0.1, 0.15) is 11.3 Å². The van der Waals surface area contributed by atoms with E-state index in [1.165, 1.54) is 4.68 Å². The summed E-state index contributed by atoms with van der Waals surface area (Å²) in [5.74, 6) is 5.81. The Kier molecular flexibility index (Phi) is 1.81. The third-order valence-corrected chi connectivity index (χ3v) is 2.40. The van der Waals surface area contributed by atoms with Crippen molar-refractivity contribution >= 4 is 10.9 Å². The van der Waals surface area contributed by atoms with E-state index in [0.29, 0.717) is 5.39 Å². The van der Waals surface area contributed by atoms with Crippen molar-refractivity contribution in [3.63, 3.8) is 0 Å². The van der Waals surface area contributed by atoms with Crippen molar-refractivity contribution in [3.8, 4) is 0 Å². The fraction of sp³-hybridized carbons (Fsp3) is 0.182. The van der Waals surface area contributed by atoms with Crippen LogP contribution in [0.15, 0.2) is 29.1 Å². The molecular weight excluding hydrogens is 176 g/mol. The molecule has 14 heavy (non-hydrogen) atoms. The maximum atomic E-state index is 11.6. The highest BCUT2D eigenvalue weighted by Gasteiger charge is 2.03. The summed E-state index contributed by atoms with van der Waals surface area (Å²) in [5.41, 5.74) is 2.65. The van der Waals surface area contributed by atoms with Gasteiger partial charge in [0.2, 0.25) is 0 Å². The van der Waals surface area contributed by atoms with Gasteiger partial charge in [-0.05, 0) is 26.0 Å². The minimum atomic E-state index is 0.0305. The zero-order valence-electron chi connectivity index (χ0n) is 8.24. The molecule has 2 rings (SSSR count). The minimum Gasteiger partial charge on any atom is -0.339 e. The lowest BCUT2D eigenvalue weighted by molar-refractivity contribution is 0.974. The number of benzene rings is 1. The van der Waals surface area contributed by atoms with Gasteiger partial charge in [0.15, 0.2) is 5.43 Å². The van der Waals surface area contributed by atoms with Crippen molar-refractivity contribution in [3.05, 3.63) is 45.7 Å². The number of nitrogen functional groups attached to an aromatic ring is 1. The van der Waals surface area contributed by atoms with Crippen molar-refractivity contribution in [1.82, 2.24) is 4.68 Å². The summed E-state index contributed by atoms with van der Waals surface area (Å²) >= 11 is 0. The third kappa shape index (κ3) is 1.18. The zero-order valence-corrected chi connectivity index (χ0v) is 8.24. The average molecular weight is 188 g/mol. The number of hydrogen-bond donors (Lipinski definition) is 1. The Morgan fingerprint density at radius 2 is 1.93 bits per heavy atom. The Balaban J connectivity index is 3.02. The van der Waals surface area contributed by atoms with Crippen LogP contribution in [-0.4, -0.2) is 4.68 Å². The monoisotopic (exact) mass is 188 g/mol. The first-order chi connectivity index (χ1) is 6.59. The maximum absolute atomic E-state index is 11.6. The average Bonchev–Trinajstić information content (AvgIpc) is 2.14. The second-order valence-electron chi connectivity index (χ2n) is 3.54. The molecule has 0 aliphatic heterocycles. The van der Waals surface area contributed by atoms with Crippen LogP contribution in [-0.2, 0) is 0 Å². The number of hydrogen-bond acceptors (Lipinski definition) is 2. The van der Waals surface area contributed by atoms with Crippen LogP contribution in [0.25, 0.3) is 10.9 Å². The smallest absolute Gasteiger partial charge is 0.189 e. The number of nitrogens with two attached hydrogens (primary N) is 1. The molecule has 0 unspecified atom stereocenters. The van der Waals surface area contributed by atoms with E-state index < -0.39 is 0 Å². The van der Waals surface area contributed by atoms with Crippen molar-refractivity contribution < 1.29 is 0 Å². The summed E-state index contributed by atoms with van der Waals surface area (Å²) in [6.07, 6.45) is 0. The molecule has 0 saturated carbocycles. The van der Waals surface area contributed by atoms with Gasteiger partial charge in [0.25, 0.3) is 0 Å². The highest BCUT2D eigenvalue weighted by Crippen LogP contribution is 2.11. The number of aromatic nitrogens is 1. The van der Waals surface area contributed by atoms with E-state index in [1.54, 1.807) is 6.07 Å². The van der Waals surface area contributed by atoms with Gasteiger partial charge in [-0.3, -0.25) is 9.47 Å². The highest BCUT2D eigenvalue weighted by atomic mass is 16.1. The fourth-order valence-corrected chi connectivity index (χ4v) is 1.58. The van der Waals surface area contributed by atoms with Crippen molar-refractivity contribution in [2.24, 2.45) is 0 Å². The lowest BCUT2D eigenvalue weighted by Crippen LogP contribution is -2.18. The van der Waals surface area contributed by atoms with Gasteiger partial charge in [-0.1, -0.05) is 11.6 Å². The molecule has 1 aromatic carbocycles. The molecule has 0 radical (unpaired) electrons. The number of fused-ring (bicyclic) bond motifs is 1. The summed E-state index contributed by atoms with van der Waals surface area (Å²) in [7, 11) is 0. The Labute approximate surface area is 81.7 Å². The van der Waals surface area contributed by atoms with Gasteiger partial charge in [0, 0.05) is 17.1 Å². The molecule has 0 atom stereocenters. The van der Waals surface area contributed by atoms with Gasteiger partial charge in [-0.15, -0.1) is 0 Å². The molecule has 1 aromatic heterocycles. The predicted molar refractivity (Wildman–Crippen MR) is 57.8 cm³/mol. The third-order valence-electron chi connectivity index (χ3n) is 2.40. The van der Waals surface area contributed by atoms with Gasteiger partial charge in [-0.25, -0.2) is 0 Å². The molecule has 1 heterocycles. The Bertz CT molecular complexity index is 555. The molecule has 72 valence electrons. The zero-order chi connectivity index (χ0) is 10.3. The van der Waals surface area contributed by atoms with E-state index in [9.17, 15) is 4.79 Å².